The van der Waals surface area contributed by atoms with Crippen LogP contribution in [0.3, 0.4) is 0 Å². The molecule has 2 aliphatic rings. The minimum Gasteiger partial charge on any atom is -0.329 e. The van der Waals surface area contributed by atoms with E-state index in [2.05, 4.69) is 32.7 Å². The maximum atomic E-state index is 6.21. The van der Waals surface area contributed by atoms with Gasteiger partial charge in [-0.1, -0.05) is 27.2 Å². The van der Waals surface area contributed by atoms with Gasteiger partial charge in [0.05, 0.1) is 0 Å². The van der Waals surface area contributed by atoms with Crippen molar-refractivity contribution in [2.24, 2.45) is 23.0 Å². The van der Waals surface area contributed by atoms with Crippen LogP contribution in [-0.2, 0) is 0 Å². The lowest BCUT2D eigenvalue weighted by molar-refractivity contribution is -0.0205. The molecule has 0 aromatic rings. The van der Waals surface area contributed by atoms with Gasteiger partial charge in [-0.2, -0.15) is 0 Å². The summed E-state index contributed by atoms with van der Waals surface area (Å²) in [6.07, 6.45) is 8.23. The zero-order valence-electron chi connectivity index (χ0n) is 12.8. The number of rotatable bonds is 4. The van der Waals surface area contributed by atoms with E-state index in [9.17, 15) is 0 Å². The third-order valence-electron chi connectivity index (χ3n) is 5.88. The topological polar surface area (TPSA) is 29.3 Å². The van der Waals surface area contributed by atoms with Gasteiger partial charge in [0, 0.05) is 18.6 Å². The van der Waals surface area contributed by atoms with E-state index in [1.807, 2.05) is 0 Å². The van der Waals surface area contributed by atoms with Gasteiger partial charge < -0.3 is 5.73 Å². The molecule has 2 heteroatoms. The molecule has 0 spiro atoms. The molecule has 2 saturated carbocycles. The van der Waals surface area contributed by atoms with Crippen LogP contribution in [0.2, 0.25) is 0 Å². The smallest absolute Gasteiger partial charge is 0.0354 e. The van der Waals surface area contributed by atoms with Crippen molar-refractivity contribution in [3.05, 3.63) is 0 Å². The minimum atomic E-state index is 0.269. The Morgan fingerprint density at radius 2 is 1.89 bits per heavy atom. The van der Waals surface area contributed by atoms with E-state index >= 15 is 0 Å². The monoisotopic (exact) mass is 252 g/mol. The summed E-state index contributed by atoms with van der Waals surface area (Å²) in [7, 11) is 2.32. The second-order valence-electron chi connectivity index (χ2n) is 7.75. The molecule has 2 unspecified atom stereocenters. The summed E-state index contributed by atoms with van der Waals surface area (Å²) in [6, 6.07) is 0. The Bertz CT molecular complexity index is 283. The average Bonchev–Trinajstić information content (AvgIpc) is 2.23. The lowest BCUT2D eigenvalue weighted by Crippen LogP contribution is -2.60. The molecule has 2 fully saturated rings. The summed E-state index contributed by atoms with van der Waals surface area (Å²) in [5.74, 6) is 1.66. The zero-order valence-corrected chi connectivity index (χ0v) is 12.8. The highest BCUT2D eigenvalue weighted by Gasteiger charge is 2.45. The van der Waals surface area contributed by atoms with Crippen molar-refractivity contribution in [1.29, 1.82) is 0 Å². The van der Waals surface area contributed by atoms with E-state index in [0.717, 1.165) is 18.4 Å². The van der Waals surface area contributed by atoms with Gasteiger partial charge in [-0.05, 0) is 56.4 Å². The number of hydrogen-bond acceptors (Lipinski definition) is 2. The summed E-state index contributed by atoms with van der Waals surface area (Å²) < 4.78 is 0. The molecule has 2 N–H and O–H groups in total. The minimum absolute atomic E-state index is 0.269. The van der Waals surface area contributed by atoms with Gasteiger partial charge in [-0.15, -0.1) is 0 Å². The van der Waals surface area contributed by atoms with Crippen molar-refractivity contribution in [1.82, 2.24) is 4.90 Å². The Balaban J connectivity index is 2.04. The van der Waals surface area contributed by atoms with E-state index < -0.39 is 0 Å². The highest BCUT2D eigenvalue weighted by molar-refractivity contribution is 5.01. The zero-order chi connectivity index (χ0) is 13.4. The standard InChI is InChI=1S/C16H32N2/c1-13-10-15(2,3)8-9-16(13,12-17)18(4)11-14-6-5-7-14/h13-14H,5-12,17H2,1-4H3. The summed E-state index contributed by atoms with van der Waals surface area (Å²) in [4.78, 5) is 2.62. The molecule has 0 heterocycles. The number of nitrogens with zero attached hydrogens (tertiary/aromatic N) is 1. The van der Waals surface area contributed by atoms with Crippen molar-refractivity contribution in [2.75, 3.05) is 20.1 Å². The van der Waals surface area contributed by atoms with Gasteiger partial charge in [-0.3, -0.25) is 4.90 Å². The summed E-state index contributed by atoms with van der Waals surface area (Å²) in [6.45, 7) is 9.34. The maximum absolute atomic E-state index is 6.21. The van der Waals surface area contributed by atoms with Crippen LogP contribution in [0, 0.1) is 17.3 Å². The molecular weight excluding hydrogens is 220 g/mol. The second-order valence-corrected chi connectivity index (χ2v) is 7.75. The van der Waals surface area contributed by atoms with Gasteiger partial charge in [0.15, 0.2) is 0 Å². The molecule has 0 aromatic heterocycles. The molecule has 2 nitrogen and oxygen atoms in total. The van der Waals surface area contributed by atoms with E-state index in [1.54, 1.807) is 0 Å². The molecule has 0 saturated heterocycles. The van der Waals surface area contributed by atoms with Crippen molar-refractivity contribution in [3.63, 3.8) is 0 Å². The molecule has 0 amide bonds. The Labute approximate surface area is 113 Å². The number of likely N-dealkylation sites (N-methyl/N-ethyl adjacent to an activating group) is 1. The Kier molecular flexibility index (Phi) is 4.08. The van der Waals surface area contributed by atoms with Gasteiger partial charge >= 0.3 is 0 Å². The average molecular weight is 252 g/mol. The first-order valence-electron chi connectivity index (χ1n) is 7.81. The van der Waals surface area contributed by atoms with Crippen molar-refractivity contribution >= 4 is 0 Å². The maximum Gasteiger partial charge on any atom is 0.0354 e. The van der Waals surface area contributed by atoms with Gasteiger partial charge in [0.2, 0.25) is 0 Å². The largest absolute Gasteiger partial charge is 0.329 e. The molecule has 2 atom stereocenters. The predicted molar refractivity (Wildman–Crippen MR) is 78.6 cm³/mol. The van der Waals surface area contributed by atoms with Gasteiger partial charge in [0.1, 0.15) is 0 Å². The first-order valence-corrected chi connectivity index (χ1v) is 7.81. The molecule has 0 bridgehead atoms. The molecule has 106 valence electrons. The van der Waals surface area contributed by atoms with Crippen LogP contribution >= 0.6 is 0 Å². The van der Waals surface area contributed by atoms with Crippen molar-refractivity contribution in [3.8, 4) is 0 Å². The van der Waals surface area contributed by atoms with Gasteiger partial charge in [-0.25, -0.2) is 0 Å². The lowest BCUT2D eigenvalue weighted by Gasteiger charge is -2.54. The Morgan fingerprint density at radius 3 is 2.33 bits per heavy atom. The van der Waals surface area contributed by atoms with Crippen LogP contribution in [-0.4, -0.2) is 30.6 Å². The highest BCUT2D eigenvalue weighted by atomic mass is 15.2. The number of hydrogen-bond donors (Lipinski definition) is 1. The summed E-state index contributed by atoms with van der Waals surface area (Å²) >= 11 is 0. The van der Waals surface area contributed by atoms with Crippen LogP contribution in [0.4, 0.5) is 0 Å². The summed E-state index contributed by atoms with van der Waals surface area (Å²) in [5.41, 5.74) is 6.99. The fraction of sp³-hybridized carbons (Fsp3) is 1.00. The third kappa shape index (κ3) is 2.60. The van der Waals surface area contributed by atoms with Crippen LogP contribution in [0.1, 0.15) is 59.3 Å². The predicted octanol–water partition coefficient (Wildman–Crippen LogP) is 3.26. The summed E-state index contributed by atoms with van der Waals surface area (Å²) in [5, 5.41) is 0. The molecule has 18 heavy (non-hydrogen) atoms. The van der Waals surface area contributed by atoms with Crippen LogP contribution in [0.25, 0.3) is 0 Å². The fourth-order valence-corrected chi connectivity index (χ4v) is 4.19. The van der Waals surface area contributed by atoms with Crippen LogP contribution < -0.4 is 5.73 Å². The Morgan fingerprint density at radius 1 is 1.22 bits per heavy atom. The number of nitrogens with two attached hydrogens (primary N) is 1. The normalized spacial score (nSPS) is 36.7. The van der Waals surface area contributed by atoms with E-state index in [4.69, 9.17) is 5.73 Å². The molecule has 2 aliphatic carbocycles. The van der Waals surface area contributed by atoms with Crippen molar-refractivity contribution < 1.29 is 0 Å². The Hall–Kier alpha value is -0.0800. The second kappa shape index (κ2) is 5.13. The molecule has 0 aromatic carbocycles. The first-order chi connectivity index (χ1) is 8.39. The van der Waals surface area contributed by atoms with Crippen molar-refractivity contribution in [2.45, 2.75) is 64.8 Å². The quantitative estimate of drug-likeness (QED) is 0.832. The molecular formula is C16H32N2. The molecule has 2 rings (SSSR count). The van der Waals surface area contributed by atoms with Crippen LogP contribution in [0.5, 0.6) is 0 Å². The third-order valence-corrected chi connectivity index (χ3v) is 5.88. The molecule has 0 radical (unpaired) electrons. The van der Waals surface area contributed by atoms with E-state index in [0.29, 0.717) is 5.41 Å². The van der Waals surface area contributed by atoms with E-state index in [1.165, 1.54) is 45.1 Å². The van der Waals surface area contributed by atoms with Gasteiger partial charge in [0.25, 0.3) is 0 Å². The fourth-order valence-electron chi connectivity index (χ4n) is 4.19. The lowest BCUT2D eigenvalue weighted by atomic mass is 9.63. The molecule has 0 aliphatic heterocycles. The van der Waals surface area contributed by atoms with E-state index in [-0.39, 0.29) is 5.54 Å². The SMILES string of the molecule is CC1CC(C)(C)CCC1(CN)N(C)CC1CCC1. The van der Waals surface area contributed by atoms with Crippen LogP contribution in [0.15, 0.2) is 0 Å². The first kappa shape index (κ1) is 14.3. The highest BCUT2D eigenvalue weighted by Crippen LogP contribution is 2.46.